The minimum absolute atomic E-state index is 0.0964. The van der Waals surface area contributed by atoms with Gasteiger partial charge in [-0.25, -0.2) is 4.79 Å². The van der Waals surface area contributed by atoms with Crippen LogP contribution in [-0.2, 0) is 11.3 Å². The molecule has 25 heavy (non-hydrogen) atoms. The lowest BCUT2D eigenvalue weighted by molar-refractivity contribution is 0.0606. The van der Waals surface area contributed by atoms with Gasteiger partial charge in [0.2, 0.25) is 0 Å². The lowest BCUT2D eigenvalue weighted by atomic mass is 9.99. The Morgan fingerprint density at radius 2 is 1.92 bits per heavy atom. The number of hydrogen-bond donors (Lipinski definition) is 1. The van der Waals surface area contributed by atoms with Gasteiger partial charge in [0, 0.05) is 19.0 Å². The Kier molecular flexibility index (Phi) is 6.31. The summed E-state index contributed by atoms with van der Waals surface area (Å²) in [4.78, 5) is 14.3. The molecule has 1 heterocycles. The standard InChI is InChI=1S/C20H23ClN2O2/c21-18-10-4-5-11-19(18)22-20(24)23-12-6-9-17(13-23)15-25-14-16-7-2-1-3-8-16/h1-5,7-8,10-11,17H,6,9,12-15H2,(H,22,24). The number of carbonyl (C=O) groups is 1. The maximum absolute atomic E-state index is 12.5. The van der Waals surface area contributed by atoms with Gasteiger partial charge in [-0.3, -0.25) is 0 Å². The number of amides is 2. The van der Waals surface area contributed by atoms with Crippen molar-refractivity contribution in [3.05, 3.63) is 65.2 Å². The van der Waals surface area contributed by atoms with Crippen molar-refractivity contribution in [2.45, 2.75) is 19.4 Å². The van der Waals surface area contributed by atoms with Crippen LogP contribution in [0.25, 0.3) is 0 Å². The van der Waals surface area contributed by atoms with Crippen molar-refractivity contribution in [2.24, 2.45) is 5.92 Å². The normalized spacial score (nSPS) is 17.3. The third-order valence-electron chi connectivity index (χ3n) is 4.39. The van der Waals surface area contributed by atoms with Gasteiger partial charge in [0.15, 0.2) is 0 Å². The van der Waals surface area contributed by atoms with Crippen molar-refractivity contribution in [1.82, 2.24) is 4.90 Å². The Hall–Kier alpha value is -2.04. The monoisotopic (exact) mass is 358 g/mol. The van der Waals surface area contributed by atoms with Gasteiger partial charge < -0.3 is 15.0 Å². The molecular weight excluding hydrogens is 336 g/mol. The summed E-state index contributed by atoms with van der Waals surface area (Å²) in [5, 5.41) is 3.45. The number of nitrogens with zero attached hydrogens (tertiary/aromatic N) is 1. The molecule has 0 bridgehead atoms. The number of halogens is 1. The first-order chi connectivity index (χ1) is 12.2. The minimum Gasteiger partial charge on any atom is -0.376 e. The van der Waals surface area contributed by atoms with Gasteiger partial charge in [-0.2, -0.15) is 0 Å². The Bertz CT molecular complexity index is 693. The molecule has 1 N–H and O–H groups in total. The molecule has 2 amide bonds. The van der Waals surface area contributed by atoms with Crippen molar-refractivity contribution in [1.29, 1.82) is 0 Å². The van der Waals surface area contributed by atoms with Crippen molar-refractivity contribution in [3.8, 4) is 0 Å². The number of nitrogens with one attached hydrogen (secondary N) is 1. The number of benzene rings is 2. The number of ether oxygens (including phenoxy) is 1. The first-order valence-electron chi connectivity index (χ1n) is 8.64. The highest BCUT2D eigenvalue weighted by molar-refractivity contribution is 6.33. The SMILES string of the molecule is O=C(Nc1ccccc1Cl)N1CCCC(COCc2ccccc2)C1. The fourth-order valence-electron chi connectivity index (χ4n) is 3.06. The van der Waals surface area contributed by atoms with E-state index in [2.05, 4.69) is 17.4 Å². The second kappa shape index (κ2) is 8.88. The Morgan fingerprint density at radius 1 is 1.16 bits per heavy atom. The van der Waals surface area contributed by atoms with Crippen LogP contribution in [0.1, 0.15) is 18.4 Å². The van der Waals surface area contributed by atoms with Crippen LogP contribution in [0.15, 0.2) is 54.6 Å². The number of anilines is 1. The molecule has 0 aromatic heterocycles. The zero-order chi connectivity index (χ0) is 17.5. The van der Waals surface area contributed by atoms with Crippen LogP contribution >= 0.6 is 11.6 Å². The molecule has 2 aromatic carbocycles. The fourth-order valence-corrected chi connectivity index (χ4v) is 3.24. The van der Waals surface area contributed by atoms with Gasteiger partial charge in [-0.15, -0.1) is 0 Å². The van der Waals surface area contributed by atoms with Crippen LogP contribution in [0.4, 0.5) is 10.5 Å². The van der Waals surface area contributed by atoms with E-state index in [1.807, 2.05) is 41.3 Å². The van der Waals surface area contributed by atoms with Gasteiger partial charge in [-0.05, 0) is 30.5 Å². The number of hydrogen-bond acceptors (Lipinski definition) is 2. The van der Waals surface area contributed by atoms with E-state index in [0.29, 0.717) is 36.4 Å². The third-order valence-corrected chi connectivity index (χ3v) is 4.72. The lowest BCUT2D eigenvalue weighted by Gasteiger charge is -2.32. The quantitative estimate of drug-likeness (QED) is 0.834. The summed E-state index contributed by atoms with van der Waals surface area (Å²) < 4.78 is 5.85. The van der Waals surface area contributed by atoms with E-state index in [1.165, 1.54) is 5.56 Å². The van der Waals surface area contributed by atoms with E-state index in [4.69, 9.17) is 16.3 Å². The number of carbonyl (C=O) groups excluding carboxylic acids is 1. The molecule has 132 valence electrons. The summed E-state index contributed by atoms with van der Waals surface area (Å²) in [5.74, 6) is 0.370. The van der Waals surface area contributed by atoms with Gasteiger partial charge >= 0.3 is 6.03 Å². The van der Waals surface area contributed by atoms with Crippen LogP contribution in [0.3, 0.4) is 0 Å². The fraction of sp³-hybridized carbons (Fsp3) is 0.350. The molecule has 1 aliphatic heterocycles. The van der Waals surface area contributed by atoms with E-state index in [1.54, 1.807) is 6.07 Å². The molecule has 1 atom stereocenters. The van der Waals surface area contributed by atoms with Crippen LogP contribution < -0.4 is 5.32 Å². The van der Waals surface area contributed by atoms with E-state index in [-0.39, 0.29) is 6.03 Å². The molecule has 0 spiro atoms. The van der Waals surface area contributed by atoms with Gasteiger partial charge in [-0.1, -0.05) is 54.1 Å². The first kappa shape index (κ1) is 17.8. The molecule has 4 nitrogen and oxygen atoms in total. The van der Waals surface area contributed by atoms with E-state index >= 15 is 0 Å². The van der Waals surface area contributed by atoms with Gasteiger partial charge in [0.05, 0.1) is 23.9 Å². The number of rotatable bonds is 5. The summed E-state index contributed by atoms with van der Waals surface area (Å²) in [6.07, 6.45) is 2.08. The Balaban J connectivity index is 1.47. The summed E-state index contributed by atoms with van der Waals surface area (Å²) in [7, 11) is 0. The van der Waals surface area contributed by atoms with Crippen molar-refractivity contribution in [2.75, 3.05) is 25.0 Å². The predicted octanol–water partition coefficient (Wildman–Crippen LogP) is 4.80. The number of urea groups is 1. The third kappa shape index (κ3) is 5.21. The van der Waals surface area contributed by atoms with Gasteiger partial charge in [0.1, 0.15) is 0 Å². The molecule has 1 aliphatic rings. The van der Waals surface area contributed by atoms with E-state index < -0.39 is 0 Å². The molecule has 2 aromatic rings. The average Bonchev–Trinajstić information content (AvgIpc) is 2.65. The summed E-state index contributed by atoms with van der Waals surface area (Å²) in [6, 6.07) is 17.3. The van der Waals surface area contributed by atoms with Gasteiger partial charge in [0.25, 0.3) is 0 Å². The highest BCUT2D eigenvalue weighted by atomic mass is 35.5. The molecule has 0 radical (unpaired) electrons. The number of para-hydroxylation sites is 1. The van der Waals surface area contributed by atoms with Crippen molar-refractivity contribution >= 4 is 23.3 Å². The summed E-state index contributed by atoms with van der Waals surface area (Å²) in [5.41, 5.74) is 1.82. The Morgan fingerprint density at radius 3 is 2.72 bits per heavy atom. The largest absolute Gasteiger partial charge is 0.376 e. The maximum atomic E-state index is 12.5. The van der Waals surface area contributed by atoms with Crippen LogP contribution in [-0.4, -0.2) is 30.6 Å². The summed E-state index contributed by atoms with van der Waals surface area (Å²) in [6.45, 7) is 2.77. The minimum atomic E-state index is -0.0964. The molecule has 1 saturated heterocycles. The molecule has 3 rings (SSSR count). The average molecular weight is 359 g/mol. The highest BCUT2D eigenvalue weighted by Crippen LogP contribution is 2.23. The van der Waals surface area contributed by atoms with E-state index in [0.717, 1.165) is 19.4 Å². The maximum Gasteiger partial charge on any atom is 0.321 e. The molecule has 5 heteroatoms. The molecule has 1 fully saturated rings. The molecular formula is C20H23ClN2O2. The second-order valence-electron chi connectivity index (χ2n) is 6.36. The number of piperidine rings is 1. The Labute approximate surface area is 153 Å². The first-order valence-corrected chi connectivity index (χ1v) is 9.02. The van der Waals surface area contributed by atoms with Crippen molar-refractivity contribution < 1.29 is 9.53 Å². The smallest absolute Gasteiger partial charge is 0.321 e. The van der Waals surface area contributed by atoms with Crippen molar-refractivity contribution in [3.63, 3.8) is 0 Å². The van der Waals surface area contributed by atoms with Crippen LogP contribution in [0.5, 0.6) is 0 Å². The molecule has 1 unspecified atom stereocenters. The molecule has 0 saturated carbocycles. The predicted molar refractivity (Wildman–Crippen MR) is 101 cm³/mol. The number of likely N-dealkylation sites (tertiary alicyclic amines) is 1. The lowest BCUT2D eigenvalue weighted by Crippen LogP contribution is -2.43. The molecule has 0 aliphatic carbocycles. The van der Waals surface area contributed by atoms with Crippen LogP contribution in [0, 0.1) is 5.92 Å². The van der Waals surface area contributed by atoms with E-state index in [9.17, 15) is 4.79 Å². The van der Waals surface area contributed by atoms with Crippen LogP contribution in [0.2, 0.25) is 5.02 Å². The zero-order valence-corrected chi connectivity index (χ0v) is 14.9. The topological polar surface area (TPSA) is 41.6 Å². The zero-order valence-electron chi connectivity index (χ0n) is 14.2. The summed E-state index contributed by atoms with van der Waals surface area (Å²) >= 11 is 6.11. The second-order valence-corrected chi connectivity index (χ2v) is 6.77. The highest BCUT2D eigenvalue weighted by Gasteiger charge is 2.24.